The van der Waals surface area contributed by atoms with Crippen molar-refractivity contribution in [1.82, 2.24) is 15.5 Å². The lowest BCUT2D eigenvalue weighted by Crippen LogP contribution is -2.47. The van der Waals surface area contributed by atoms with E-state index in [0.29, 0.717) is 18.7 Å². The van der Waals surface area contributed by atoms with Crippen LogP contribution in [-0.2, 0) is 11.2 Å². The Balaban J connectivity index is 1.98. The van der Waals surface area contributed by atoms with Crippen LogP contribution in [0, 0.1) is 0 Å². The third-order valence-corrected chi connectivity index (χ3v) is 3.81. The van der Waals surface area contributed by atoms with Crippen molar-refractivity contribution in [2.24, 2.45) is 0 Å². The van der Waals surface area contributed by atoms with E-state index < -0.39 is 5.60 Å². The first kappa shape index (κ1) is 14.8. The first-order valence-electron chi connectivity index (χ1n) is 6.93. The summed E-state index contributed by atoms with van der Waals surface area (Å²) >= 11 is 0. The maximum Gasteiger partial charge on any atom is 0.274 e. The molecule has 2 heterocycles. The summed E-state index contributed by atoms with van der Waals surface area (Å²) in [6, 6.07) is 0. The minimum absolute atomic E-state index is 0.127. The van der Waals surface area contributed by atoms with E-state index in [1.165, 1.54) is 0 Å². The van der Waals surface area contributed by atoms with E-state index in [0.717, 1.165) is 18.5 Å². The third kappa shape index (κ3) is 2.78. The molecule has 0 aromatic carbocycles. The number of hydrogen-bond acceptors (Lipinski definition) is 5. The number of ether oxygens (including phenoxy) is 1. The molecule has 112 valence electrons. The van der Waals surface area contributed by atoms with Gasteiger partial charge in [-0.15, -0.1) is 0 Å². The van der Waals surface area contributed by atoms with E-state index in [1.807, 2.05) is 6.92 Å². The van der Waals surface area contributed by atoms with Crippen LogP contribution in [0.4, 0.5) is 5.69 Å². The average Bonchev–Trinajstić information content (AvgIpc) is 2.93. The predicted octanol–water partition coefficient (Wildman–Crippen LogP) is 0.214. The Kier molecular flexibility index (Phi) is 4.29. The van der Waals surface area contributed by atoms with Crippen molar-refractivity contribution >= 4 is 11.6 Å². The summed E-state index contributed by atoms with van der Waals surface area (Å²) < 4.78 is 5.32. The number of amides is 1. The maximum absolute atomic E-state index is 12.1. The van der Waals surface area contributed by atoms with Crippen LogP contribution in [-0.4, -0.2) is 46.1 Å². The van der Waals surface area contributed by atoms with Crippen LogP contribution in [0.2, 0.25) is 0 Å². The van der Waals surface area contributed by atoms with Gasteiger partial charge in [0.2, 0.25) is 0 Å². The second-order valence-electron chi connectivity index (χ2n) is 5.26. The largest absolute Gasteiger partial charge is 0.395 e. The first-order valence-corrected chi connectivity index (χ1v) is 6.93. The number of nitrogens with two attached hydrogens (primary N) is 1. The second-order valence-corrected chi connectivity index (χ2v) is 5.26. The Morgan fingerprint density at radius 1 is 1.70 bits per heavy atom. The molecule has 2 rings (SSSR count). The number of nitrogens with one attached hydrogen (secondary N) is 2. The predicted molar refractivity (Wildman–Crippen MR) is 74.3 cm³/mol. The van der Waals surface area contributed by atoms with Gasteiger partial charge in [-0.2, -0.15) is 5.10 Å². The van der Waals surface area contributed by atoms with Crippen molar-refractivity contribution in [3.8, 4) is 0 Å². The Hall–Kier alpha value is -1.60. The topological polar surface area (TPSA) is 113 Å². The fourth-order valence-corrected chi connectivity index (χ4v) is 2.32. The van der Waals surface area contributed by atoms with Gasteiger partial charge in [0.15, 0.2) is 5.69 Å². The highest BCUT2D eigenvalue weighted by atomic mass is 16.5. The molecular weight excluding hydrogens is 260 g/mol. The molecule has 2 atom stereocenters. The van der Waals surface area contributed by atoms with E-state index in [1.54, 1.807) is 6.92 Å². The molecule has 1 aliphatic heterocycles. The van der Waals surface area contributed by atoms with Crippen molar-refractivity contribution in [3.05, 3.63) is 11.4 Å². The van der Waals surface area contributed by atoms with Gasteiger partial charge in [0.1, 0.15) is 5.60 Å². The summed E-state index contributed by atoms with van der Waals surface area (Å²) in [6.45, 7) is 4.44. The van der Waals surface area contributed by atoms with Crippen LogP contribution in [0.1, 0.15) is 42.9 Å². The number of nitrogens with zero attached hydrogens (tertiary/aromatic N) is 1. The molecule has 0 radical (unpaired) electrons. The van der Waals surface area contributed by atoms with Crippen LogP contribution in [0.25, 0.3) is 0 Å². The molecule has 0 spiro atoms. The molecule has 5 N–H and O–H groups in total. The van der Waals surface area contributed by atoms with E-state index in [9.17, 15) is 9.90 Å². The van der Waals surface area contributed by atoms with Gasteiger partial charge in [0.05, 0.1) is 17.5 Å². The van der Waals surface area contributed by atoms with Crippen LogP contribution in [0.3, 0.4) is 0 Å². The highest BCUT2D eigenvalue weighted by molar-refractivity contribution is 5.97. The molecule has 1 aromatic heterocycles. The Bertz CT molecular complexity index is 488. The zero-order valence-electron chi connectivity index (χ0n) is 11.9. The lowest BCUT2D eigenvalue weighted by molar-refractivity contribution is -0.0251. The van der Waals surface area contributed by atoms with Crippen molar-refractivity contribution in [2.75, 3.05) is 18.9 Å². The van der Waals surface area contributed by atoms with Gasteiger partial charge < -0.3 is 20.9 Å². The van der Waals surface area contributed by atoms with Crippen molar-refractivity contribution in [1.29, 1.82) is 0 Å². The van der Waals surface area contributed by atoms with Crippen LogP contribution in [0.5, 0.6) is 0 Å². The lowest BCUT2D eigenvalue weighted by atomic mass is 9.97. The molecule has 0 bridgehead atoms. The van der Waals surface area contributed by atoms with Gasteiger partial charge in [0.25, 0.3) is 5.91 Å². The molecule has 1 amide bonds. The Morgan fingerprint density at radius 2 is 2.45 bits per heavy atom. The molecule has 20 heavy (non-hydrogen) atoms. The molecule has 1 aliphatic rings. The van der Waals surface area contributed by atoms with Gasteiger partial charge in [-0.25, -0.2) is 0 Å². The zero-order chi connectivity index (χ0) is 14.8. The van der Waals surface area contributed by atoms with Crippen LogP contribution < -0.4 is 11.1 Å². The highest BCUT2D eigenvalue weighted by Crippen LogP contribution is 2.25. The number of aryl methyl sites for hydroxylation is 1. The van der Waals surface area contributed by atoms with E-state index in [2.05, 4.69) is 15.5 Å². The normalized spacial score (nSPS) is 25.9. The minimum Gasteiger partial charge on any atom is -0.395 e. The van der Waals surface area contributed by atoms with Gasteiger partial charge in [-0.05, 0) is 13.3 Å². The third-order valence-electron chi connectivity index (χ3n) is 3.81. The number of aliphatic hydroxyl groups is 1. The van der Waals surface area contributed by atoms with Crippen LogP contribution in [0.15, 0.2) is 0 Å². The monoisotopic (exact) mass is 282 g/mol. The Labute approximate surface area is 117 Å². The quantitative estimate of drug-likeness (QED) is 0.617. The minimum atomic E-state index is -1.02. The fraction of sp³-hybridized carbons (Fsp3) is 0.692. The average molecular weight is 282 g/mol. The molecule has 7 nitrogen and oxygen atoms in total. The molecule has 1 aromatic rings. The summed E-state index contributed by atoms with van der Waals surface area (Å²) in [6.07, 6.45) is 1.88. The van der Waals surface area contributed by atoms with Gasteiger partial charge in [-0.1, -0.05) is 13.3 Å². The number of carbonyl (C=O) groups is 1. The summed E-state index contributed by atoms with van der Waals surface area (Å²) in [5, 5.41) is 19.7. The summed E-state index contributed by atoms with van der Waals surface area (Å²) in [5.41, 5.74) is 6.21. The molecule has 0 saturated carbocycles. The summed E-state index contributed by atoms with van der Waals surface area (Å²) in [4.78, 5) is 12.1. The zero-order valence-corrected chi connectivity index (χ0v) is 11.9. The Morgan fingerprint density at radius 3 is 3.05 bits per heavy atom. The van der Waals surface area contributed by atoms with Crippen molar-refractivity contribution < 1.29 is 14.6 Å². The summed E-state index contributed by atoms with van der Waals surface area (Å²) in [5.74, 6) is -0.381. The second kappa shape index (κ2) is 5.80. The van der Waals surface area contributed by atoms with E-state index in [-0.39, 0.29) is 24.2 Å². The lowest BCUT2D eigenvalue weighted by Gasteiger charge is -2.25. The number of carbonyl (C=O) groups excluding carboxylic acids is 1. The van der Waals surface area contributed by atoms with Gasteiger partial charge in [-0.3, -0.25) is 9.89 Å². The number of rotatable bonds is 5. The molecule has 0 aliphatic carbocycles. The highest BCUT2D eigenvalue weighted by Gasteiger charge is 2.39. The molecule has 2 unspecified atom stereocenters. The number of H-pyrrole nitrogens is 1. The molecule has 1 saturated heterocycles. The van der Waals surface area contributed by atoms with Gasteiger partial charge >= 0.3 is 0 Å². The van der Waals surface area contributed by atoms with Crippen molar-refractivity contribution in [3.63, 3.8) is 0 Å². The van der Waals surface area contributed by atoms with Crippen molar-refractivity contribution in [2.45, 2.75) is 44.8 Å². The molecule has 1 fully saturated rings. The standard InChI is InChI=1S/C13H22N4O3/c1-3-4-9-10(14)11(17-16-9)12(18)15-7-13(19)5-6-20-8(13)2/h8,19H,3-7,14H2,1-2H3,(H,15,18)(H,16,17). The number of hydrogen-bond donors (Lipinski definition) is 4. The van der Waals surface area contributed by atoms with E-state index in [4.69, 9.17) is 10.5 Å². The number of anilines is 1. The van der Waals surface area contributed by atoms with Gasteiger partial charge in [0, 0.05) is 19.6 Å². The number of nitrogen functional groups attached to an aromatic ring is 1. The number of aromatic amines is 1. The maximum atomic E-state index is 12.1. The first-order chi connectivity index (χ1) is 9.48. The van der Waals surface area contributed by atoms with E-state index >= 15 is 0 Å². The molecule has 7 heteroatoms. The summed E-state index contributed by atoms with van der Waals surface area (Å²) in [7, 11) is 0. The number of aromatic nitrogens is 2. The molecular formula is C13H22N4O3. The van der Waals surface area contributed by atoms with Crippen LogP contribution >= 0.6 is 0 Å². The smallest absolute Gasteiger partial charge is 0.274 e. The SMILES string of the molecule is CCCc1[nH]nc(C(=O)NCC2(O)CCOC2C)c1N. The fourth-order valence-electron chi connectivity index (χ4n) is 2.32.